The summed E-state index contributed by atoms with van der Waals surface area (Å²) in [7, 11) is 0. The molecule has 0 aliphatic rings. The second-order valence-electron chi connectivity index (χ2n) is 5.81. The van der Waals surface area contributed by atoms with Crippen LogP contribution in [0.5, 0.6) is 0 Å². The van der Waals surface area contributed by atoms with E-state index < -0.39 is 0 Å². The zero-order valence-corrected chi connectivity index (χ0v) is 15.3. The Hall–Kier alpha value is -2.11. The molecule has 2 rings (SSSR count). The third kappa shape index (κ3) is 5.22. The average Bonchev–Trinajstić information content (AvgIpc) is 2.52. The molecule has 0 atom stereocenters. The fraction of sp³-hybridized carbons (Fsp3) is 0.316. The lowest BCUT2D eigenvalue weighted by atomic mass is 10.1. The van der Waals surface area contributed by atoms with Crippen molar-refractivity contribution in [2.24, 2.45) is 0 Å². The van der Waals surface area contributed by atoms with Gasteiger partial charge in [-0.3, -0.25) is 0 Å². The van der Waals surface area contributed by atoms with E-state index in [0.29, 0.717) is 11.7 Å². The molecule has 5 heteroatoms. The maximum atomic E-state index is 9.10. The topological polar surface area (TPSA) is 47.5 Å². The highest BCUT2D eigenvalue weighted by Crippen LogP contribution is 2.18. The van der Waals surface area contributed by atoms with Gasteiger partial charge in [0.15, 0.2) is 5.11 Å². The van der Waals surface area contributed by atoms with Crippen LogP contribution in [0.1, 0.15) is 18.1 Å². The molecule has 0 unspecified atom stereocenters. The second kappa shape index (κ2) is 8.66. The molecule has 2 aromatic rings. The Balaban J connectivity index is 1.99. The highest BCUT2D eigenvalue weighted by Gasteiger charge is 2.04. The lowest BCUT2D eigenvalue weighted by Crippen LogP contribution is -2.26. The van der Waals surface area contributed by atoms with Gasteiger partial charge in [0.05, 0.1) is 6.61 Å². The molecule has 0 saturated carbocycles. The van der Waals surface area contributed by atoms with Crippen LogP contribution in [0.3, 0.4) is 0 Å². The molecule has 0 radical (unpaired) electrons. The number of aliphatic hydroxyl groups excluding tert-OH is 1. The van der Waals surface area contributed by atoms with Crippen molar-refractivity contribution in [2.75, 3.05) is 35.2 Å². The summed E-state index contributed by atoms with van der Waals surface area (Å²) in [5.74, 6) is 0. The number of aliphatic hydroxyl groups is 1. The zero-order valence-electron chi connectivity index (χ0n) is 14.5. The smallest absolute Gasteiger partial charge is 0.175 e. The molecular weight excluding hydrogens is 318 g/mol. The van der Waals surface area contributed by atoms with Gasteiger partial charge in [0.1, 0.15) is 0 Å². The van der Waals surface area contributed by atoms with Crippen molar-refractivity contribution in [2.45, 2.75) is 20.8 Å². The van der Waals surface area contributed by atoms with Crippen LogP contribution >= 0.6 is 12.2 Å². The van der Waals surface area contributed by atoms with Crippen LogP contribution in [-0.2, 0) is 0 Å². The SMILES string of the molecule is CCN(CCO)c1ccc(NC(=S)Nc2cc(C)cc(C)c2)cc1. The monoisotopic (exact) mass is 343 g/mol. The molecule has 0 amide bonds. The molecule has 128 valence electrons. The molecule has 0 bridgehead atoms. The van der Waals surface area contributed by atoms with Crippen LogP contribution < -0.4 is 15.5 Å². The molecule has 0 aliphatic carbocycles. The minimum atomic E-state index is 0.151. The van der Waals surface area contributed by atoms with Crippen molar-refractivity contribution < 1.29 is 5.11 Å². The van der Waals surface area contributed by atoms with Crippen LogP contribution in [0.15, 0.2) is 42.5 Å². The summed E-state index contributed by atoms with van der Waals surface area (Å²) in [6.45, 7) is 7.86. The average molecular weight is 343 g/mol. The molecule has 0 fully saturated rings. The van der Waals surface area contributed by atoms with Crippen molar-refractivity contribution in [1.82, 2.24) is 0 Å². The van der Waals surface area contributed by atoms with Gasteiger partial charge in [-0.05, 0) is 80.5 Å². The van der Waals surface area contributed by atoms with Crippen LogP contribution in [0.25, 0.3) is 0 Å². The van der Waals surface area contributed by atoms with E-state index >= 15 is 0 Å². The number of nitrogens with one attached hydrogen (secondary N) is 2. The summed E-state index contributed by atoms with van der Waals surface area (Å²) in [4.78, 5) is 2.12. The first-order valence-corrected chi connectivity index (χ1v) is 8.55. The summed E-state index contributed by atoms with van der Waals surface area (Å²) >= 11 is 5.39. The van der Waals surface area contributed by atoms with Crippen LogP contribution in [-0.4, -0.2) is 29.9 Å². The number of aryl methyl sites for hydroxylation is 2. The fourth-order valence-corrected chi connectivity index (χ4v) is 2.92. The number of likely N-dealkylation sites (N-methyl/N-ethyl adjacent to an activating group) is 1. The Kier molecular flexibility index (Phi) is 6.58. The lowest BCUT2D eigenvalue weighted by Gasteiger charge is -2.22. The van der Waals surface area contributed by atoms with Gasteiger partial charge >= 0.3 is 0 Å². The molecular formula is C19H25N3OS. The van der Waals surface area contributed by atoms with Crippen molar-refractivity contribution in [1.29, 1.82) is 0 Å². The summed E-state index contributed by atoms with van der Waals surface area (Å²) in [6.07, 6.45) is 0. The van der Waals surface area contributed by atoms with Crippen LogP contribution in [0.4, 0.5) is 17.1 Å². The third-order valence-electron chi connectivity index (χ3n) is 3.72. The molecule has 0 aliphatic heterocycles. The standard InChI is InChI=1S/C19H25N3OS/c1-4-22(9-10-23)18-7-5-16(6-8-18)20-19(24)21-17-12-14(2)11-15(3)13-17/h5-8,11-13,23H,4,9-10H2,1-3H3,(H2,20,21,24). The first kappa shape index (κ1) is 18.2. The Morgan fingerprint density at radius 1 is 1.00 bits per heavy atom. The summed E-state index contributed by atoms with van der Waals surface area (Å²) < 4.78 is 0. The predicted molar refractivity (Wildman–Crippen MR) is 107 cm³/mol. The van der Waals surface area contributed by atoms with Gasteiger partial charge in [0.2, 0.25) is 0 Å². The van der Waals surface area contributed by atoms with E-state index in [2.05, 4.69) is 54.5 Å². The molecule has 0 spiro atoms. The van der Waals surface area contributed by atoms with Crippen LogP contribution in [0.2, 0.25) is 0 Å². The molecule has 3 N–H and O–H groups in total. The van der Waals surface area contributed by atoms with E-state index in [4.69, 9.17) is 17.3 Å². The third-order valence-corrected chi connectivity index (χ3v) is 3.93. The van der Waals surface area contributed by atoms with Gasteiger partial charge in [-0.2, -0.15) is 0 Å². The number of nitrogens with zero attached hydrogens (tertiary/aromatic N) is 1. The van der Waals surface area contributed by atoms with Crippen molar-refractivity contribution in [3.63, 3.8) is 0 Å². The van der Waals surface area contributed by atoms with Gasteiger partial charge in [0, 0.05) is 30.2 Å². The Morgan fingerprint density at radius 2 is 1.58 bits per heavy atom. The van der Waals surface area contributed by atoms with Crippen molar-refractivity contribution >= 4 is 34.4 Å². The van der Waals surface area contributed by atoms with Crippen molar-refractivity contribution in [3.05, 3.63) is 53.6 Å². The predicted octanol–water partition coefficient (Wildman–Crippen LogP) is 3.93. The highest BCUT2D eigenvalue weighted by atomic mass is 32.1. The number of hydrogen-bond acceptors (Lipinski definition) is 3. The maximum absolute atomic E-state index is 9.10. The first-order chi connectivity index (χ1) is 11.5. The van der Waals surface area contributed by atoms with Gasteiger partial charge < -0.3 is 20.6 Å². The summed E-state index contributed by atoms with van der Waals surface area (Å²) in [5.41, 5.74) is 5.41. The number of benzene rings is 2. The Bertz CT molecular complexity index is 665. The van der Waals surface area contributed by atoms with E-state index in [1.165, 1.54) is 11.1 Å². The minimum absolute atomic E-state index is 0.151. The zero-order chi connectivity index (χ0) is 17.5. The largest absolute Gasteiger partial charge is 0.395 e. The fourth-order valence-electron chi connectivity index (χ4n) is 2.69. The van der Waals surface area contributed by atoms with Crippen LogP contribution in [0, 0.1) is 13.8 Å². The quantitative estimate of drug-likeness (QED) is 0.694. The molecule has 2 aromatic carbocycles. The number of rotatable bonds is 6. The number of thiocarbonyl (C=S) groups is 1. The molecule has 24 heavy (non-hydrogen) atoms. The van der Waals surface area contributed by atoms with E-state index in [9.17, 15) is 0 Å². The van der Waals surface area contributed by atoms with Gasteiger partial charge in [-0.25, -0.2) is 0 Å². The maximum Gasteiger partial charge on any atom is 0.175 e. The second-order valence-corrected chi connectivity index (χ2v) is 6.21. The normalized spacial score (nSPS) is 10.3. The number of hydrogen-bond donors (Lipinski definition) is 3. The molecule has 0 saturated heterocycles. The summed E-state index contributed by atoms with van der Waals surface area (Å²) in [5, 5.41) is 16.1. The Labute approximate surface area is 149 Å². The van der Waals surface area contributed by atoms with E-state index in [0.717, 1.165) is 23.6 Å². The van der Waals surface area contributed by atoms with E-state index in [1.54, 1.807) is 0 Å². The highest BCUT2D eigenvalue weighted by molar-refractivity contribution is 7.80. The first-order valence-electron chi connectivity index (χ1n) is 8.14. The van der Waals surface area contributed by atoms with E-state index in [1.807, 2.05) is 24.3 Å². The lowest BCUT2D eigenvalue weighted by molar-refractivity contribution is 0.302. The summed E-state index contributed by atoms with van der Waals surface area (Å²) in [6, 6.07) is 14.3. The molecule has 4 nitrogen and oxygen atoms in total. The van der Waals surface area contributed by atoms with Gasteiger partial charge in [-0.1, -0.05) is 6.07 Å². The van der Waals surface area contributed by atoms with Gasteiger partial charge in [0.25, 0.3) is 0 Å². The minimum Gasteiger partial charge on any atom is -0.395 e. The van der Waals surface area contributed by atoms with Gasteiger partial charge in [-0.15, -0.1) is 0 Å². The van der Waals surface area contributed by atoms with E-state index in [-0.39, 0.29) is 6.61 Å². The molecule has 0 aromatic heterocycles. The Morgan fingerprint density at radius 3 is 2.12 bits per heavy atom. The number of anilines is 3. The molecule has 0 heterocycles. The van der Waals surface area contributed by atoms with Crippen molar-refractivity contribution in [3.8, 4) is 0 Å².